The Morgan fingerprint density at radius 3 is 2.24 bits per heavy atom. The summed E-state index contributed by atoms with van der Waals surface area (Å²) < 4.78 is 30.3. The smallest absolute Gasteiger partial charge is 0.326 e. The van der Waals surface area contributed by atoms with Gasteiger partial charge in [0.25, 0.3) is 5.91 Å². The minimum atomic E-state index is -2.81. The van der Waals surface area contributed by atoms with Gasteiger partial charge in [-0.25, -0.2) is 9.79 Å². The average Bonchev–Trinajstić information content (AvgIpc) is 3.24. The predicted molar refractivity (Wildman–Crippen MR) is 148 cm³/mol. The number of aryl methyl sites for hydroxylation is 2. The SMILES string of the molecule is CNC(=O)C1=NC(Cn2cc(C3c4ccc(C)cc4C=Cc4cc(C)ccc43)c(=S)[nH]c2=O)OC1=S(=O)=O. The zero-order valence-corrected chi connectivity index (χ0v) is 22.4. The Morgan fingerprint density at radius 1 is 1.08 bits per heavy atom. The van der Waals surface area contributed by atoms with Crippen LogP contribution in [0.15, 0.2) is 52.4 Å². The zero-order chi connectivity index (χ0) is 27.1. The molecule has 9 nitrogen and oxygen atoms in total. The molecule has 11 heteroatoms. The molecule has 194 valence electrons. The number of fused-ring (bicyclic) bond motifs is 2. The van der Waals surface area contributed by atoms with E-state index >= 15 is 0 Å². The quantitative estimate of drug-likeness (QED) is 0.378. The lowest BCUT2D eigenvalue weighted by atomic mass is 9.83. The summed E-state index contributed by atoms with van der Waals surface area (Å²) >= 11 is 5.65. The Balaban J connectivity index is 1.64. The number of hydrogen-bond donors (Lipinski definition) is 2. The van der Waals surface area contributed by atoms with Crippen LogP contribution in [0.2, 0.25) is 0 Å². The molecule has 2 N–H and O–H groups in total. The van der Waals surface area contributed by atoms with Crippen LogP contribution in [-0.2, 0) is 26.4 Å². The van der Waals surface area contributed by atoms with Crippen molar-refractivity contribution in [3.05, 3.63) is 96.7 Å². The summed E-state index contributed by atoms with van der Waals surface area (Å²) in [6.07, 6.45) is 4.75. The third-order valence-electron chi connectivity index (χ3n) is 6.55. The van der Waals surface area contributed by atoms with Crippen molar-refractivity contribution in [3.63, 3.8) is 0 Å². The monoisotopic (exact) mass is 548 g/mol. The van der Waals surface area contributed by atoms with Crippen LogP contribution in [0.1, 0.15) is 44.9 Å². The second-order valence-corrected chi connectivity index (χ2v) is 10.4. The molecule has 0 saturated carbocycles. The number of rotatable bonds is 4. The van der Waals surface area contributed by atoms with E-state index in [9.17, 15) is 18.0 Å². The Hall–Kier alpha value is -3.93. The van der Waals surface area contributed by atoms with E-state index in [4.69, 9.17) is 17.0 Å². The molecule has 5 rings (SSSR count). The van der Waals surface area contributed by atoms with Crippen LogP contribution in [0.3, 0.4) is 0 Å². The minimum absolute atomic E-state index is 0.133. The summed E-state index contributed by atoms with van der Waals surface area (Å²) in [6, 6.07) is 12.5. The first-order chi connectivity index (χ1) is 18.2. The second kappa shape index (κ2) is 10.1. The maximum absolute atomic E-state index is 12.9. The van der Waals surface area contributed by atoms with E-state index in [0.29, 0.717) is 10.2 Å². The lowest BCUT2D eigenvalue weighted by Gasteiger charge is -2.22. The number of aromatic amines is 1. The molecule has 3 aromatic rings. The van der Waals surface area contributed by atoms with E-state index < -0.39 is 33.2 Å². The molecular formula is C27H24N4O5S2. The molecule has 0 saturated heterocycles. The van der Waals surface area contributed by atoms with Gasteiger partial charge >= 0.3 is 5.69 Å². The number of amides is 1. The normalized spacial score (nSPS) is 16.4. The average molecular weight is 549 g/mol. The largest absolute Gasteiger partial charge is 0.354 e. The highest BCUT2D eigenvalue weighted by Crippen LogP contribution is 2.39. The van der Waals surface area contributed by atoms with Gasteiger partial charge in [0.1, 0.15) is 4.64 Å². The first-order valence-corrected chi connectivity index (χ1v) is 13.3. The number of benzene rings is 2. The predicted octanol–water partition coefficient (Wildman–Crippen LogP) is 2.74. The van der Waals surface area contributed by atoms with Crippen molar-refractivity contribution in [3.8, 4) is 0 Å². The van der Waals surface area contributed by atoms with Crippen molar-refractivity contribution in [2.75, 3.05) is 7.05 Å². The highest BCUT2D eigenvalue weighted by molar-refractivity contribution is 7.74. The van der Waals surface area contributed by atoms with Gasteiger partial charge in [0.05, 0.1) is 6.54 Å². The van der Waals surface area contributed by atoms with Gasteiger partial charge in [-0.05, 0) is 36.1 Å². The van der Waals surface area contributed by atoms with E-state index in [2.05, 4.69) is 51.7 Å². The topological polar surface area (TPSA) is 123 Å². The second-order valence-electron chi connectivity index (χ2n) is 9.18. The molecule has 2 heterocycles. The van der Waals surface area contributed by atoms with Crippen LogP contribution in [0.25, 0.3) is 12.2 Å². The molecule has 2 aliphatic rings. The lowest BCUT2D eigenvalue weighted by molar-refractivity contribution is -0.114. The van der Waals surface area contributed by atoms with E-state index in [1.165, 1.54) is 11.6 Å². The molecule has 1 unspecified atom stereocenters. The van der Waals surface area contributed by atoms with E-state index in [0.717, 1.165) is 33.4 Å². The highest BCUT2D eigenvalue weighted by Gasteiger charge is 2.32. The summed E-state index contributed by atoms with van der Waals surface area (Å²) in [4.78, 5) is 31.9. The molecule has 38 heavy (non-hydrogen) atoms. The molecule has 1 atom stereocenters. The molecular weight excluding hydrogens is 524 g/mol. The Bertz CT molecular complexity index is 1750. The highest BCUT2D eigenvalue weighted by atomic mass is 32.2. The van der Waals surface area contributed by atoms with Crippen molar-refractivity contribution < 1.29 is 17.9 Å². The van der Waals surface area contributed by atoms with E-state index in [1.54, 1.807) is 6.20 Å². The van der Waals surface area contributed by atoms with Crippen LogP contribution in [0.5, 0.6) is 0 Å². The summed E-state index contributed by atoms with van der Waals surface area (Å²) in [5.74, 6) is -0.977. The number of aromatic nitrogens is 2. The third-order valence-corrected chi connectivity index (χ3v) is 7.48. The molecule has 1 aliphatic carbocycles. The number of hydrogen-bond acceptors (Lipinski definition) is 7. The first-order valence-electron chi connectivity index (χ1n) is 11.8. The number of nitrogens with one attached hydrogen (secondary N) is 2. The molecule has 1 aliphatic heterocycles. The van der Waals surface area contributed by atoms with Crippen LogP contribution < -0.4 is 11.0 Å². The van der Waals surface area contributed by atoms with Gasteiger partial charge in [0.2, 0.25) is 15.3 Å². The Kier molecular flexibility index (Phi) is 6.82. The van der Waals surface area contributed by atoms with Gasteiger partial charge in [-0.1, -0.05) is 71.9 Å². The van der Waals surface area contributed by atoms with Crippen molar-refractivity contribution >= 4 is 51.3 Å². The number of ether oxygens (including phenoxy) is 1. The number of nitrogens with zero attached hydrogens (tertiary/aromatic N) is 2. The van der Waals surface area contributed by atoms with E-state index in [1.807, 2.05) is 26.0 Å². The van der Waals surface area contributed by atoms with Crippen molar-refractivity contribution in [2.24, 2.45) is 4.99 Å². The van der Waals surface area contributed by atoms with Gasteiger partial charge in [0, 0.05) is 24.7 Å². The van der Waals surface area contributed by atoms with Gasteiger partial charge < -0.3 is 10.1 Å². The van der Waals surface area contributed by atoms with Gasteiger partial charge in [-0.15, -0.1) is 0 Å². The molecule has 0 fully saturated rings. The van der Waals surface area contributed by atoms with Gasteiger partial charge in [-0.3, -0.25) is 14.3 Å². The molecule has 0 bridgehead atoms. The summed E-state index contributed by atoms with van der Waals surface area (Å²) in [6.45, 7) is 3.94. The first kappa shape index (κ1) is 25.7. The van der Waals surface area contributed by atoms with Gasteiger partial charge in [0.15, 0.2) is 11.9 Å². The van der Waals surface area contributed by atoms with Crippen molar-refractivity contribution in [1.29, 1.82) is 0 Å². The molecule has 0 radical (unpaired) electrons. The van der Waals surface area contributed by atoms with Crippen molar-refractivity contribution in [1.82, 2.24) is 14.9 Å². The van der Waals surface area contributed by atoms with Crippen LogP contribution >= 0.6 is 12.2 Å². The summed E-state index contributed by atoms with van der Waals surface area (Å²) in [7, 11) is -1.45. The number of aliphatic imine (C=N–C) groups is 1. The summed E-state index contributed by atoms with van der Waals surface area (Å²) in [5, 5.41) is 1.78. The van der Waals surface area contributed by atoms with Gasteiger partial charge in [-0.2, -0.15) is 8.42 Å². The van der Waals surface area contributed by atoms with Crippen LogP contribution in [0.4, 0.5) is 0 Å². The van der Waals surface area contributed by atoms with Crippen molar-refractivity contribution in [2.45, 2.75) is 32.5 Å². The number of H-pyrrole nitrogens is 1. The fourth-order valence-electron chi connectivity index (χ4n) is 4.79. The maximum atomic E-state index is 12.9. The molecule has 0 spiro atoms. The standard InChI is InChI=1S/C27H24N4O5S2/c1-14-4-8-18-16(10-14)6-7-17-11-15(2)5-9-19(17)22(18)20-12-31(27(33)30-25(20)37)13-21-29-23(24(32)28-3)26(36-21)38(34)35/h4-12,21-22H,13H2,1-3H3,(H,28,32)(H,30,33,37). The number of carbonyl (C=O) groups is 1. The Morgan fingerprint density at radius 2 is 1.68 bits per heavy atom. The maximum Gasteiger partial charge on any atom is 0.326 e. The lowest BCUT2D eigenvalue weighted by Crippen LogP contribution is -2.32. The molecule has 2 aromatic carbocycles. The van der Waals surface area contributed by atoms with Crippen LogP contribution in [-0.4, -0.2) is 47.9 Å². The zero-order valence-electron chi connectivity index (χ0n) is 20.8. The van der Waals surface area contributed by atoms with Crippen LogP contribution in [0, 0.1) is 18.5 Å². The summed E-state index contributed by atoms with van der Waals surface area (Å²) in [5.41, 5.74) is 6.26. The Labute approximate surface area is 225 Å². The third kappa shape index (κ3) is 4.71. The fraction of sp³-hybridized carbons (Fsp3) is 0.222. The molecule has 1 amide bonds. The minimum Gasteiger partial charge on any atom is -0.354 e. The number of carbonyl (C=O) groups excluding carboxylic acids is 1. The molecule has 1 aromatic heterocycles. The van der Waals surface area contributed by atoms with E-state index in [-0.39, 0.29) is 18.2 Å². The fourth-order valence-corrected chi connectivity index (χ4v) is 5.54.